The summed E-state index contributed by atoms with van der Waals surface area (Å²) in [6.07, 6.45) is 3.32. The molecule has 0 saturated carbocycles. The molecule has 3 nitrogen and oxygen atoms in total. The molecule has 0 saturated heterocycles. The van der Waals surface area contributed by atoms with E-state index < -0.39 is 5.97 Å². The summed E-state index contributed by atoms with van der Waals surface area (Å²) < 4.78 is 12.8. The van der Waals surface area contributed by atoms with Crippen LogP contribution < -0.4 is 5.32 Å². The summed E-state index contributed by atoms with van der Waals surface area (Å²) in [5, 5.41) is 2.77. The van der Waals surface area contributed by atoms with Crippen molar-refractivity contribution in [3.63, 3.8) is 0 Å². The van der Waals surface area contributed by atoms with Gasteiger partial charge in [0.25, 0.3) is 0 Å². The van der Waals surface area contributed by atoms with E-state index in [9.17, 15) is 9.18 Å². The van der Waals surface area contributed by atoms with Crippen molar-refractivity contribution < 1.29 is 9.18 Å². The van der Waals surface area contributed by atoms with Crippen molar-refractivity contribution in [3.05, 3.63) is 11.6 Å². The number of hydrogen-bond donors (Lipinski definition) is 1. The Kier molecular flexibility index (Phi) is 7.42. The fourth-order valence-electron chi connectivity index (χ4n) is 1.31. The Bertz CT molecular complexity index is 285. The van der Waals surface area contributed by atoms with Crippen LogP contribution in [-0.4, -0.2) is 25.5 Å². The number of allylic oxidation sites excluding steroid dienone is 1. The van der Waals surface area contributed by atoms with Gasteiger partial charge >= 0.3 is 0 Å². The van der Waals surface area contributed by atoms with E-state index in [1.165, 1.54) is 7.05 Å². The molecule has 0 heterocycles. The normalized spacial score (nSPS) is 14.8. The van der Waals surface area contributed by atoms with Crippen molar-refractivity contribution in [2.45, 2.75) is 33.6 Å². The molecule has 0 aromatic heterocycles. The summed E-state index contributed by atoms with van der Waals surface area (Å²) in [4.78, 5) is 14.8. The number of halogens is 1. The van der Waals surface area contributed by atoms with Gasteiger partial charge in [-0.05, 0) is 19.3 Å². The van der Waals surface area contributed by atoms with E-state index in [-0.39, 0.29) is 5.91 Å². The highest BCUT2D eigenvalue weighted by Gasteiger charge is 2.07. The lowest BCUT2D eigenvalue weighted by Gasteiger charge is -2.11. The van der Waals surface area contributed by atoms with Gasteiger partial charge in [-0.3, -0.25) is 9.79 Å². The molecule has 4 heteroatoms. The minimum absolute atomic E-state index is 0.234. The van der Waals surface area contributed by atoms with Crippen LogP contribution in [0.15, 0.2) is 16.6 Å². The minimum Gasteiger partial charge on any atom is -0.352 e. The van der Waals surface area contributed by atoms with E-state index in [0.29, 0.717) is 18.0 Å². The van der Waals surface area contributed by atoms with Gasteiger partial charge in [-0.2, -0.15) is 4.39 Å². The maximum atomic E-state index is 12.8. The average molecular weight is 228 g/mol. The van der Waals surface area contributed by atoms with Gasteiger partial charge in [0.15, 0.2) is 0 Å². The van der Waals surface area contributed by atoms with Crippen LogP contribution in [0.4, 0.5) is 4.39 Å². The molecule has 0 fully saturated rings. The van der Waals surface area contributed by atoms with Crippen molar-refractivity contribution in [3.8, 4) is 0 Å². The molecule has 0 spiro atoms. The molecule has 0 aliphatic rings. The zero-order chi connectivity index (χ0) is 12.6. The molecule has 1 atom stereocenters. The molecule has 16 heavy (non-hydrogen) atoms. The van der Waals surface area contributed by atoms with Crippen LogP contribution in [0.1, 0.15) is 33.6 Å². The third-order valence-electron chi connectivity index (χ3n) is 2.30. The first-order chi connectivity index (χ1) is 7.51. The van der Waals surface area contributed by atoms with E-state index in [0.717, 1.165) is 18.9 Å². The van der Waals surface area contributed by atoms with Crippen LogP contribution in [0.2, 0.25) is 0 Å². The van der Waals surface area contributed by atoms with Gasteiger partial charge in [0, 0.05) is 25.2 Å². The van der Waals surface area contributed by atoms with Crippen LogP contribution >= 0.6 is 0 Å². The smallest absolute Gasteiger partial charge is 0.247 e. The Balaban J connectivity index is 4.12. The van der Waals surface area contributed by atoms with Crippen molar-refractivity contribution in [1.82, 2.24) is 5.32 Å². The first-order valence-corrected chi connectivity index (χ1v) is 5.60. The summed E-state index contributed by atoms with van der Waals surface area (Å²) in [7, 11) is 1.35. The van der Waals surface area contributed by atoms with Crippen molar-refractivity contribution in [2.24, 2.45) is 10.9 Å². The van der Waals surface area contributed by atoms with E-state index in [2.05, 4.69) is 24.2 Å². The zero-order valence-corrected chi connectivity index (χ0v) is 10.5. The Morgan fingerprint density at radius 2 is 2.19 bits per heavy atom. The Morgan fingerprint density at radius 1 is 1.56 bits per heavy atom. The highest BCUT2D eigenvalue weighted by Crippen LogP contribution is 2.03. The van der Waals surface area contributed by atoms with Gasteiger partial charge in [-0.15, -0.1) is 0 Å². The topological polar surface area (TPSA) is 41.5 Å². The molecule has 92 valence electrons. The summed E-state index contributed by atoms with van der Waals surface area (Å²) in [5.74, 6) is -0.414. The monoisotopic (exact) mass is 228 g/mol. The number of aliphatic imine (C=N–C) groups is 1. The largest absolute Gasteiger partial charge is 0.352 e. The molecule has 0 radical (unpaired) electrons. The Hall–Kier alpha value is -1.19. The van der Waals surface area contributed by atoms with Gasteiger partial charge in [-0.25, -0.2) is 0 Å². The molecule has 0 aromatic carbocycles. The van der Waals surface area contributed by atoms with Gasteiger partial charge in [-0.1, -0.05) is 20.3 Å². The quantitative estimate of drug-likeness (QED) is 0.550. The molecule has 0 aromatic rings. The highest BCUT2D eigenvalue weighted by atomic mass is 19.1. The maximum Gasteiger partial charge on any atom is 0.247 e. The van der Waals surface area contributed by atoms with Crippen LogP contribution in [0, 0.1) is 5.92 Å². The molecule has 0 aliphatic heterocycles. The van der Waals surface area contributed by atoms with Crippen LogP contribution in [0.5, 0.6) is 0 Å². The Morgan fingerprint density at radius 3 is 2.69 bits per heavy atom. The second-order valence-corrected chi connectivity index (χ2v) is 3.98. The fourth-order valence-corrected chi connectivity index (χ4v) is 1.31. The van der Waals surface area contributed by atoms with E-state index in [4.69, 9.17) is 0 Å². The number of nitrogens with zero attached hydrogens (tertiary/aromatic N) is 1. The molecule has 0 bridgehead atoms. The number of nitrogens with one attached hydrogen (secondary N) is 1. The predicted octanol–water partition coefficient (Wildman–Crippen LogP) is 2.48. The molecule has 1 N–H and O–H groups in total. The third-order valence-corrected chi connectivity index (χ3v) is 2.30. The Labute approximate surface area is 96.8 Å². The summed E-state index contributed by atoms with van der Waals surface area (Å²) >= 11 is 0. The summed E-state index contributed by atoms with van der Waals surface area (Å²) in [6, 6.07) is 0. The lowest BCUT2D eigenvalue weighted by atomic mass is 10.1. The molecular weight excluding hydrogens is 207 g/mol. The van der Waals surface area contributed by atoms with E-state index in [1.807, 2.05) is 0 Å². The van der Waals surface area contributed by atoms with Crippen molar-refractivity contribution in [2.75, 3.05) is 13.6 Å². The van der Waals surface area contributed by atoms with E-state index in [1.54, 1.807) is 6.92 Å². The molecule has 1 unspecified atom stereocenters. The van der Waals surface area contributed by atoms with Gasteiger partial charge in [0.05, 0.1) is 0 Å². The highest BCUT2D eigenvalue weighted by molar-refractivity contribution is 6.00. The minimum atomic E-state index is -0.630. The first-order valence-electron chi connectivity index (χ1n) is 5.60. The number of carbonyl (C=O) groups excluding carboxylic acids is 1. The van der Waals surface area contributed by atoms with Crippen molar-refractivity contribution >= 4 is 11.9 Å². The number of amides is 1. The number of carbonyl (C=O) groups is 1. The van der Waals surface area contributed by atoms with Crippen LogP contribution in [-0.2, 0) is 4.79 Å². The van der Waals surface area contributed by atoms with Gasteiger partial charge in [0.2, 0.25) is 11.9 Å². The number of rotatable bonds is 6. The summed E-state index contributed by atoms with van der Waals surface area (Å²) in [6.45, 7) is 6.39. The zero-order valence-electron chi connectivity index (χ0n) is 10.5. The van der Waals surface area contributed by atoms with Crippen LogP contribution in [0.3, 0.4) is 0 Å². The molecular formula is C12H21FN2O. The maximum absolute atomic E-state index is 12.8. The second kappa shape index (κ2) is 8.02. The van der Waals surface area contributed by atoms with Crippen LogP contribution in [0.25, 0.3) is 0 Å². The fraction of sp³-hybridized carbons (Fsp3) is 0.667. The SMILES string of the molecule is CCCC(C)CNC(=O)/C(C)=C/C(F)=N\C. The predicted molar refractivity (Wildman–Crippen MR) is 65.3 cm³/mol. The average Bonchev–Trinajstić information content (AvgIpc) is 2.25. The lowest BCUT2D eigenvalue weighted by Crippen LogP contribution is -2.29. The second-order valence-electron chi connectivity index (χ2n) is 3.98. The number of hydrogen-bond acceptors (Lipinski definition) is 2. The first kappa shape index (κ1) is 14.8. The van der Waals surface area contributed by atoms with Crippen molar-refractivity contribution in [1.29, 1.82) is 0 Å². The third kappa shape index (κ3) is 6.32. The van der Waals surface area contributed by atoms with Gasteiger partial charge < -0.3 is 5.32 Å². The molecule has 1 amide bonds. The summed E-state index contributed by atoms with van der Waals surface area (Å²) in [5.41, 5.74) is 0.340. The standard InChI is InChI=1S/C12H21FN2O/c1-5-6-9(2)8-15-12(16)10(3)7-11(13)14-4/h7,9H,5-6,8H2,1-4H3,(H,15,16)/b10-7+,14-11+. The lowest BCUT2D eigenvalue weighted by molar-refractivity contribution is -0.117. The van der Waals surface area contributed by atoms with E-state index >= 15 is 0 Å². The molecule has 0 rings (SSSR count). The van der Waals surface area contributed by atoms with Gasteiger partial charge in [0.1, 0.15) is 0 Å². The molecule has 0 aliphatic carbocycles.